The van der Waals surface area contributed by atoms with E-state index in [1.807, 2.05) is 20.8 Å². The Bertz CT molecular complexity index is 522. The molecule has 1 atom stereocenters. The summed E-state index contributed by atoms with van der Waals surface area (Å²) in [4.78, 5) is 26.4. The van der Waals surface area contributed by atoms with E-state index in [2.05, 4.69) is 12.2 Å². The van der Waals surface area contributed by atoms with Gasteiger partial charge in [0.15, 0.2) is 0 Å². The van der Waals surface area contributed by atoms with Gasteiger partial charge < -0.3 is 14.6 Å². The molecular weight excluding hydrogens is 292 g/mol. The smallest absolute Gasteiger partial charge is 0.257 e. The van der Waals surface area contributed by atoms with Crippen molar-refractivity contribution in [1.29, 1.82) is 0 Å². The zero-order chi connectivity index (χ0) is 17.4. The molecule has 0 saturated carbocycles. The van der Waals surface area contributed by atoms with E-state index in [0.717, 1.165) is 25.0 Å². The van der Waals surface area contributed by atoms with E-state index in [1.165, 1.54) is 0 Å². The number of aryl methyl sites for hydroxylation is 2. The van der Waals surface area contributed by atoms with Gasteiger partial charge in [-0.25, -0.2) is 0 Å². The molecular formula is C18H30N2O3. The molecule has 5 heteroatoms. The van der Waals surface area contributed by atoms with Crippen LogP contribution >= 0.6 is 0 Å². The minimum Gasteiger partial charge on any atom is -0.466 e. The number of hydrogen-bond donors (Lipinski definition) is 1. The Balaban J connectivity index is 2.70. The highest BCUT2D eigenvalue weighted by atomic mass is 16.3. The molecule has 1 rings (SSSR count). The van der Waals surface area contributed by atoms with E-state index >= 15 is 0 Å². The number of amides is 2. The Kier molecular flexibility index (Phi) is 7.86. The highest BCUT2D eigenvalue weighted by Gasteiger charge is 2.21. The van der Waals surface area contributed by atoms with Gasteiger partial charge >= 0.3 is 0 Å². The Hall–Kier alpha value is -1.78. The second kappa shape index (κ2) is 9.38. The minimum absolute atomic E-state index is 0.00579. The number of unbranched alkanes of at least 4 members (excludes halogenated alkanes) is 1. The summed E-state index contributed by atoms with van der Waals surface area (Å²) in [6.45, 7) is 10.8. The molecule has 0 aliphatic heterocycles. The van der Waals surface area contributed by atoms with Crippen LogP contribution in [0.3, 0.4) is 0 Å². The normalized spacial score (nSPS) is 12.0. The Morgan fingerprint density at radius 2 is 1.96 bits per heavy atom. The van der Waals surface area contributed by atoms with Crippen molar-refractivity contribution in [3.05, 3.63) is 23.2 Å². The molecule has 0 aliphatic carbocycles. The van der Waals surface area contributed by atoms with Crippen molar-refractivity contribution in [1.82, 2.24) is 10.2 Å². The summed E-state index contributed by atoms with van der Waals surface area (Å²) in [5.74, 6) is 1.31. The topological polar surface area (TPSA) is 62.6 Å². The fourth-order valence-corrected chi connectivity index (χ4v) is 2.36. The third-order valence-electron chi connectivity index (χ3n) is 3.97. The Labute approximate surface area is 139 Å². The van der Waals surface area contributed by atoms with E-state index in [-0.39, 0.29) is 17.9 Å². The minimum atomic E-state index is -0.0517. The van der Waals surface area contributed by atoms with Crippen LogP contribution in [0.25, 0.3) is 0 Å². The molecule has 1 aromatic heterocycles. The lowest BCUT2D eigenvalue weighted by molar-refractivity contribution is -0.121. The lowest BCUT2D eigenvalue weighted by atomic mass is 10.2. The highest BCUT2D eigenvalue weighted by Crippen LogP contribution is 2.16. The van der Waals surface area contributed by atoms with Gasteiger partial charge in [0.05, 0.1) is 5.56 Å². The van der Waals surface area contributed by atoms with Gasteiger partial charge in [0.25, 0.3) is 5.91 Å². The maximum Gasteiger partial charge on any atom is 0.257 e. The number of carbonyl (C=O) groups is 2. The number of rotatable bonds is 9. The average molecular weight is 322 g/mol. The SMILES string of the molecule is CCCCN(CCC(=O)N[C@H](C)CC)C(=O)c1cc(C)oc1C. The second-order valence-electron chi connectivity index (χ2n) is 6.10. The molecule has 5 nitrogen and oxygen atoms in total. The van der Waals surface area contributed by atoms with E-state index in [9.17, 15) is 9.59 Å². The van der Waals surface area contributed by atoms with Crippen LogP contribution in [-0.4, -0.2) is 35.8 Å². The summed E-state index contributed by atoms with van der Waals surface area (Å²) >= 11 is 0. The number of nitrogens with one attached hydrogen (secondary N) is 1. The number of carbonyl (C=O) groups excluding carboxylic acids is 2. The van der Waals surface area contributed by atoms with Gasteiger partial charge in [-0.1, -0.05) is 20.3 Å². The molecule has 0 aliphatic rings. The first-order valence-corrected chi connectivity index (χ1v) is 8.54. The summed E-state index contributed by atoms with van der Waals surface area (Å²) in [5.41, 5.74) is 0.598. The molecule has 1 N–H and O–H groups in total. The van der Waals surface area contributed by atoms with Gasteiger partial charge in [-0.3, -0.25) is 9.59 Å². The second-order valence-corrected chi connectivity index (χ2v) is 6.10. The first-order valence-electron chi connectivity index (χ1n) is 8.54. The van der Waals surface area contributed by atoms with Crippen molar-refractivity contribution in [2.45, 2.75) is 66.3 Å². The zero-order valence-corrected chi connectivity index (χ0v) is 15.1. The van der Waals surface area contributed by atoms with Crippen LogP contribution in [0.15, 0.2) is 10.5 Å². The average Bonchev–Trinajstić information content (AvgIpc) is 2.85. The maximum atomic E-state index is 12.7. The van der Waals surface area contributed by atoms with E-state index in [4.69, 9.17) is 4.42 Å². The fourth-order valence-electron chi connectivity index (χ4n) is 2.36. The van der Waals surface area contributed by atoms with Crippen LogP contribution in [-0.2, 0) is 4.79 Å². The summed E-state index contributed by atoms with van der Waals surface area (Å²) in [6, 6.07) is 1.94. The lowest BCUT2D eigenvalue weighted by Crippen LogP contribution is -2.38. The molecule has 0 bridgehead atoms. The Morgan fingerprint density at radius 3 is 2.48 bits per heavy atom. The third-order valence-corrected chi connectivity index (χ3v) is 3.97. The van der Waals surface area contributed by atoms with Crippen LogP contribution in [0.5, 0.6) is 0 Å². The molecule has 1 aromatic rings. The van der Waals surface area contributed by atoms with Gasteiger partial charge in [0.1, 0.15) is 11.5 Å². The molecule has 0 saturated heterocycles. The van der Waals surface area contributed by atoms with Crippen LogP contribution in [0.2, 0.25) is 0 Å². The first-order chi connectivity index (χ1) is 10.9. The van der Waals surface area contributed by atoms with E-state index in [0.29, 0.717) is 30.8 Å². The molecule has 0 aromatic carbocycles. The number of furan rings is 1. The monoisotopic (exact) mass is 322 g/mol. The fraction of sp³-hybridized carbons (Fsp3) is 0.667. The van der Waals surface area contributed by atoms with Gasteiger partial charge in [-0.2, -0.15) is 0 Å². The van der Waals surface area contributed by atoms with Crippen LogP contribution in [0.1, 0.15) is 68.3 Å². The van der Waals surface area contributed by atoms with Gasteiger partial charge in [-0.15, -0.1) is 0 Å². The number of nitrogens with zero attached hydrogens (tertiary/aromatic N) is 1. The van der Waals surface area contributed by atoms with Crippen molar-refractivity contribution < 1.29 is 14.0 Å². The molecule has 1 heterocycles. The highest BCUT2D eigenvalue weighted by molar-refractivity contribution is 5.95. The van der Waals surface area contributed by atoms with E-state index < -0.39 is 0 Å². The van der Waals surface area contributed by atoms with Gasteiger partial charge in [0, 0.05) is 25.6 Å². The predicted octanol–water partition coefficient (Wildman–Crippen LogP) is 3.44. The summed E-state index contributed by atoms with van der Waals surface area (Å²) in [7, 11) is 0. The van der Waals surface area contributed by atoms with Crippen LogP contribution in [0.4, 0.5) is 0 Å². The van der Waals surface area contributed by atoms with Crippen molar-refractivity contribution in [2.24, 2.45) is 0 Å². The largest absolute Gasteiger partial charge is 0.466 e. The zero-order valence-electron chi connectivity index (χ0n) is 15.1. The maximum absolute atomic E-state index is 12.7. The molecule has 0 spiro atoms. The molecule has 0 fully saturated rings. The summed E-state index contributed by atoms with van der Waals surface area (Å²) in [5, 5.41) is 2.94. The van der Waals surface area contributed by atoms with Crippen LogP contribution in [0, 0.1) is 13.8 Å². The van der Waals surface area contributed by atoms with Gasteiger partial charge in [0.2, 0.25) is 5.91 Å². The standard InChI is InChI=1S/C18H30N2O3/c1-6-8-10-20(11-9-17(21)19-13(3)7-2)18(22)16-12-14(4)23-15(16)5/h12-13H,6-11H2,1-5H3,(H,19,21)/t13-/m1/s1. The molecule has 23 heavy (non-hydrogen) atoms. The molecule has 0 unspecified atom stereocenters. The number of hydrogen-bond acceptors (Lipinski definition) is 3. The van der Waals surface area contributed by atoms with Crippen LogP contribution < -0.4 is 5.32 Å². The van der Waals surface area contributed by atoms with Crippen molar-refractivity contribution >= 4 is 11.8 Å². The first kappa shape index (κ1) is 19.3. The summed E-state index contributed by atoms with van der Waals surface area (Å²) < 4.78 is 5.46. The van der Waals surface area contributed by atoms with Crippen molar-refractivity contribution in [3.8, 4) is 0 Å². The van der Waals surface area contributed by atoms with E-state index in [1.54, 1.807) is 17.9 Å². The van der Waals surface area contributed by atoms with Crippen molar-refractivity contribution in [2.75, 3.05) is 13.1 Å². The lowest BCUT2D eigenvalue weighted by Gasteiger charge is -2.22. The van der Waals surface area contributed by atoms with Gasteiger partial charge in [-0.05, 0) is 39.7 Å². The quantitative estimate of drug-likeness (QED) is 0.757. The van der Waals surface area contributed by atoms with Crippen molar-refractivity contribution in [3.63, 3.8) is 0 Å². The predicted molar refractivity (Wildman–Crippen MR) is 91.5 cm³/mol. The molecule has 0 radical (unpaired) electrons. The molecule has 2 amide bonds. The molecule has 130 valence electrons. The Morgan fingerprint density at radius 1 is 1.26 bits per heavy atom. The summed E-state index contributed by atoms with van der Waals surface area (Å²) in [6.07, 6.45) is 3.16. The third kappa shape index (κ3) is 6.08.